The van der Waals surface area contributed by atoms with E-state index in [-0.39, 0.29) is 0 Å². The van der Waals surface area contributed by atoms with Crippen molar-refractivity contribution in [2.24, 2.45) is 0 Å². The van der Waals surface area contributed by atoms with Crippen LogP contribution in [0.4, 0.5) is 27.5 Å². The number of rotatable bonds is 7. The fraction of sp³-hybridized carbons (Fsp3) is 0.435. The van der Waals surface area contributed by atoms with E-state index in [4.69, 9.17) is 9.47 Å². The van der Waals surface area contributed by atoms with Crippen molar-refractivity contribution in [2.75, 3.05) is 47.5 Å². The van der Waals surface area contributed by atoms with Gasteiger partial charge >= 0.3 is 6.09 Å². The lowest BCUT2D eigenvalue weighted by Gasteiger charge is -2.33. The van der Waals surface area contributed by atoms with Crippen LogP contribution in [0.1, 0.15) is 34.6 Å². The molecule has 0 radical (unpaired) electrons. The Morgan fingerprint density at radius 1 is 0.828 bits per heavy atom. The Balaban J connectivity index is 2.09. The summed E-state index contributed by atoms with van der Waals surface area (Å²) in [5.41, 5.74) is 3.53. The minimum atomic E-state index is -0.399. The smallest absolute Gasteiger partial charge is 0.419 e. The van der Waals surface area contributed by atoms with Gasteiger partial charge in [-0.2, -0.15) is 0 Å². The maximum absolute atomic E-state index is 12.8. The van der Waals surface area contributed by atoms with Gasteiger partial charge in [-0.05, 0) is 58.9 Å². The predicted molar refractivity (Wildman–Crippen MR) is 119 cm³/mol. The molecule has 0 bridgehead atoms. The Hall–Kier alpha value is -2.89. The van der Waals surface area contributed by atoms with Crippen molar-refractivity contribution in [1.82, 2.24) is 0 Å². The molecule has 3 rings (SSSR count). The van der Waals surface area contributed by atoms with Crippen molar-refractivity contribution >= 4 is 28.8 Å². The molecular weight excluding hydrogens is 366 g/mol. The number of anilines is 4. The molecule has 0 fully saturated rings. The molecular formula is C23H31N3O3. The van der Waals surface area contributed by atoms with Crippen molar-refractivity contribution in [1.29, 1.82) is 0 Å². The molecule has 156 valence electrons. The van der Waals surface area contributed by atoms with E-state index < -0.39 is 6.09 Å². The molecule has 0 saturated carbocycles. The lowest BCUT2D eigenvalue weighted by Crippen LogP contribution is -2.30. The quantitative estimate of drug-likeness (QED) is 0.593. The average Bonchev–Trinajstić information content (AvgIpc) is 2.73. The third kappa shape index (κ3) is 3.97. The highest BCUT2D eigenvalue weighted by Gasteiger charge is 2.31. The number of ether oxygens (including phenoxy) is 2. The third-order valence-electron chi connectivity index (χ3n) is 5.30. The van der Waals surface area contributed by atoms with Crippen LogP contribution in [0.2, 0.25) is 0 Å². The molecule has 0 spiro atoms. The van der Waals surface area contributed by atoms with E-state index in [9.17, 15) is 4.79 Å². The first kappa shape index (κ1) is 20.8. The van der Waals surface area contributed by atoms with Crippen LogP contribution in [-0.4, -0.2) is 38.9 Å². The van der Waals surface area contributed by atoms with Gasteiger partial charge in [-0.25, -0.2) is 9.69 Å². The zero-order valence-electron chi connectivity index (χ0n) is 18.1. The lowest BCUT2D eigenvalue weighted by molar-refractivity contribution is 0.162. The third-order valence-corrected chi connectivity index (χ3v) is 5.30. The Bertz CT molecular complexity index is 799. The second-order valence-electron chi connectivity index (χ2n) is 6.79. The SMILES string of the molecule is CCOC(=O)N1c2ccc(N(CC)CC)cc2Oc2cc(N(CC)CC)ccc21. The number of benzene rings is 2. The molecule has 2 aromatic rings. The van der Waals surface area contributed by atoms with E-state index in [1.165, 1.54) is 0 Å². The molecule has 1 amide bonds. The second kappa shape index (κ2) is 9.07. The summed E-state index contributed by atoms with van der Waals surface area (Å²) in [5.74, 6) is 1.32. The molecule has 6 nitrogen and oxygen atoms in total. The van der Waals surface area contributed by atoms with Gasteiger partial charge in [-0.1, -0.05) is 0 Å². The molecule has 0 N–H and O–H groups in total. The van der Waals surface area contributed by atoms with E-state index in [2.05, 4.69) is 37.5 Å². The Morgan fingerprint density at radius 3 is 1.66 bits per heavy atom. The molecule has 0 aliphatic carbocycles. The van der Waals surface area contributed by atoms with Gasteiger partial charge in [-0.3, -0.25) is 0 Å². The van der Waals surface area contributed by atoms with Crippen molar-refractivity contribution < 1.29 is 14.3 Å². The summed E-state index contributed by atoms with van der Waals surface area (Å²) in [6.07, 6.45) is -0.399. The topological polar surface area (TPSA) is 45.3 Å². The van der Waals surface area contributed by atoms with E-state index in [0.717, 1.165) is 37.6 Å². The van der Waals surface area contributed by atoms with Gasteiger partial charge in [0.05, 0.1) is 18.0 Å². The van der Waals surface area contributed by atoms with Gasteiger partial charge in [0.15, 0.2) is 11.5 Å². The first-order valence-electron chi connectivity index (χ1n) is 10.5. The van der Waals surface area contributed by atoms with E-state index >= 15 is 0 Å². The average molecular weight is 398 g/mol. The van der Waals surface area contributed by atoms with Crippen LogP contribution < -0.4 is 19.4 Å². The van der Waals surface area contributed by atoms with E-state index in [1.54, 1.807) is 4.90 Å². The van der Waals surface area contributed by atoms with Gasteiger partial charge in [0.25, 0.3) is 0 Å². The highest BCUT2D eigenvalue weighted by atomic mass is 16.6. The fourth-order valence-electron chi connectivity index (χ4n) is 3.74. The van der Waals surface area contributed by atoms with Crippen LogP contribution in [0, 0.1) is 0 Å². The molecule has 6 heteroatoms. The number of hydrogen-bond donors (Lipinski definition) is 0. The highest BCUT2D eigenvalue weighted by molar-refractivity contribution is 6.01. The molecule has 29 heavy (non-hydrogen) atoms. The van der Waals surface area contributed by atoms with Gasteiger partial charge in [-0.15, -0.1) is 0 Å². The van der Waals surface area contributed by atoms with Crippen molar-refractivity contribution in [2.45, 2.75) is 34.6 Å². The Labute approximate surface area is 173 Å². The maximum atomic E-state index is 12.8. The van der Waals surface area contributed by atoms with Crippen molar-refractivity contribution in [3.8, 4) is 11.5 Å². The molecule has 1 aliphatic rings. The van der Waals surface area contributed by atoms with Gasteiger partial charge in [0.1, 0.15) is 0 Å². The largest absolute Gasteiger partial charge is 0.453 e. The number of nitrogens with zero attached hydrogens (tertiary/aromatic N) is 3. The molecule has 1 heterocycles. The number of amides is 1. The number of carbonyl (C=O) groups excluding carboxylic acids is 1. The minimum absolute atomic E-state index is 0.315. The maximum Gasteiger partial charge on any atom is 0.419 e. The summed E-state index contributed by atoms with van der Waals surface area (Å²) >= 11 is 0. The molecule has 0 saturated heterocycles. The van der Waals surface area contributed by atoms with Crippen LogP contribution in [0.3, 0.4) is 0 Å². The summed E-state index contributed by atoms with van der Waals surface area (Å²) in [4.78, 5) is 18.9. The van der Waals surface area contributed by atoms with Crippen LogP contribution >= 0.6 is 0 Å². The molecule has 1 aliphatic heterocycles. The monoisotopic (exact) mass is 397 g/mol. The minimum Gasteiger partial charge on any atom is -0.453 e. The van der Waals surface area contributed by atoms with Crippen molar-refractivity contribution in [3.63, 3.8) is 0 Å². The first-order valence-corrected chi connectivity index (χ1v) is 10.5. The first-order chi connectivity index (χ1) is 14.1. The van der Waals surface area contributed by atoms with Crippen LogP contribution in [0.5, 0.6) is 11.5 Å². The standard InChI is InChI=1S/C23H31N3O3/c1-6-24(7-2)17-11-13-19-21(15-17)29-22-16-18(25(8-3)9-4)12-14-20(22)26(19)23(27)28-10-5/h11-16H,6-10H2,1-5H3. The van der Waals surface area contributed by atoms with E-state index in [0.29, 0.717) is 29.5 Å². The zero-order chi connectivity index (χ0) is 21.0. The van der Waals surface area contributed by atoms with Gasteiger partial charge in [0.2, 0.25) is 0 Å². The highest BCUT2D eigenvalue weighted by Crippen LogP contribution is 2.49. The Morgan fingerprint density at radius 2 is 1.28 bits per heavy atom. The number of hydrogen-bond acceptors (Lipinski definition) is 5. The molecule has 0 unspecified atom stereocenters. The molecule has 0 aromatic heterocycles. The van der Waals surface area contributed by atoms with Gasteiger partial charge in [0, 0.05) is 49.7 Å². The predicted octanol–water partition coefficient (Wildman–Crippen LogP) is 5.78. The summed E-state index contributed by atoms with van der Waals surface area (Å²) in [6.45, 7) is 14.2. The number of fused-ring (bicyclic) bond motifs is 2. The summed E-state index contributed by atoms with van der Waals surface area (Å²) in [5, 5.41) is 0. The van der Waals surface area contributed by atoms with Crippen LogP contribution in [0.25, 0.3) is 0 Å². The fourth-order valence-corrected chi connectivity index (χ4v) is 3.74. The second-order valence-corrected chi connectivity index (χ2v) is 6.79. The normalized spacial score (nSPS) is 12.0. The van der Waals surface area contributed by atoms with Crippen LogP contribution in [-0.2, 0) is 4.74 Å². The van der Waals surface area contributed by atoms with E-state index in [1.807, 2.05) is 43.3 Å². The summed E-state index contributed by atoms with van der Waals surface area (Å²) < 4.78 is 11.6. The molecule has 0 atom stereocenters. The zero-order valence-corrected chi connectivity index (χ0v) is 18.1. The molecule has 2 aromatic carbocycles. The number of carbonyl (C=O) groups is 1. The summed E-state index contributed by atoms with van der Waals surface area (Å²) in [6, 6.07) is 11.9. The Kier molecular flexibility index (Phi) is 6.52. The summed E-state index contributed by atoms with van der Waals surface area (Å²) in [7, 11) is 0. The lowest BCUT2D eigenvalue weighted by atomic mass is 10.1. The van der Waals surface area contributed by atoms with Crippen molar-refractivity contribution in [3.05, 3.63) is 36.4 Å². The van der Waals surface area contributed by atoms with Gasteiger partial charge < -0.3 is 19.3 Å². The van der Waals surface area contributed by atoms with Crippen LogP contribution in [0.15, 0.2) is 36.4 Å².